The van der Waals surface area contributed by atoms with E-state index < -0.39 is 0 Å². The zero-order chi connectivity index (χ0) is 26.2. The second kappa shape index (κ2) is 16.9. The maximum Gasteiger partial charge on any atom is 0.234 e. The maximum absolute atomic E-state index is 12.2. The van der Waals surface area contributed by atoms with Gasteiger partial charge in [-0.1, -0.05) is 36.4 Å². The lowest BCUT2D eigenvalue weighted by Gasteiger charge is -2.20. The van der Waals surface area contributed by atoms with E-state index >= 15 is 0 Å². The molecule has 0 saturated heterocycles. The van der Waals surface area contributed by atoms with Gasteiger partial charge >= 0.3 is 0 Å². The van der Waals surface area contributed by atoms with E-state index in [4.69, 9.17) is 4.74 Å². The normalized spacial score (nSPS) is 11.4. The first-order valence-electron chi connectivity index (χ1n) is 12.0. The SMILES string of the molecule is CN(C)c1ccc(/C=C/C(=O)/C=C/c2ccc(OCCCN(CCS)CC(=O)NCCS)cc2)cc1. The van der Waals surface area contributed by atoms with Crippen LogP contribution in [-0.4, -0.2) is 75.0 Å². The van der Waals surface area contributed by atoms with Gasteiger partial charge in [-0.05, 0) is 54.0 Å². The highest BCUT2D eigenvalue weighted by Crippen LogP contribution is 2.15. The van der Waals surface area contributed by atoms with E-state index in [1.165, 1.54) is 0 Å². The van der Waals surface area contributed by atoms with E-state index in [-0.39, 0.29) is 11.7 Å². The molecule has 0 atom stereocenters. The van der Waals surface area contributed by atoms with Crippen molar-refractivity contribution in [1.29, 1.82) is 0 Å². The minimum absolute atomic E-state index is 0.00280. The summed E-state index contributed by atoms with van der Waals surface area (Å²) in [6, 6.07) is 15.6. The number of ketones is 1. The number of thiol groups is 2. The van der Waals surface area contributed by atoms with Crippen LogP contribution in [0, 0.1) is 0 Å². The third kappa shape index (κ3) is 11.8. The number of carbonyl (C=O) groups excluding carboxylic acids is 2. The number of ether oxygens (including phenoxy) is 1. The molecule has 2 aromatic rings. The molecule has 194 valence electrons. The minimum Gasteiger partial charge on any atom is -0.494 e. The third-order valence-corrected chi connectivity index (χ3v) is 5.70. The second-order valence-corrected chi connectivity index (χ2v) is 9.29. The number of benzene rings is 2. The molecule has 6 nitrogen and oxygen atoms in total. The molecule has 0 radical (unpaired) electrons. The molecule has 0 saturated carbocycles. The number of hydrogen-bond acceptors (Lipinski definition) is 7. The Labute approximate surface area is 226 Å². The molecule has 0 spiro atoms. The highest BCUT2D eigenvalue weighted by Gasteiger charge is 2.09. The van der Waals surface area contributed by atoms with Crippen molar-refractivity contribution in [3.8, 4) is 5.75 Å². The average Bonchev–Trinajstić information content (AvgIpc) is 2.88. The smallest absolute Gasteiger partial charge is 0.234 e. The Morgan fingerprint density at radius 3 is 2.06 bits per heavy atom. The topological polar surface area (TPSA) is 61.9 Å². The molecule has 2 rings (SSSR count). The molecule has 1 amide bonds. The maximum atomic E-state index is 12.2. The molecular weight excluding hydrogens is 490 g/mol. The van der Waals surface area contributed by atoms with Crippen molar-refractivity contribution in [3.05, 3.63) is 71.8 Å². The Morgan fingerprint density at radius 2 is 1.50 bits per heavy atom. The first-order chi connectivity index (χ1) is 17.4. The van der Waals surface area contributed by atoms with Crippen LogP contribution in [0.15, 0.2) is 60.7 Å². The van der Waals surface area contributed by atoms with Gasteiger partial charge in [-0.2, -0.15) is 25.3 Å². The number of allylic oxidation sites excluding steroid dienone is 2. The summed E-state index contributed by atoms with van der Waals surface area (Å²) in [6.07, 6.45) is 7.53. The van der Waals surface area contributed by atoms with Crippen LogP contribution in [-0.2, 0) is 9.59 Å². The molecule has 0 aliphatic rings. The van der Waals surface area contributed by atoms with Crippen LogP contribution < -0.4 is 15.0 Å². The van der Waals surface area contributed by atoms with Crippen molar-refractivity contribution in [1.82, 2.24) is 10.2 Å². The fraction of sp³-hybridized carbons (Fsp3) is 0.357. The summed E-state index contributed by atoms with van der Waals surface area (Å²) in [5, 5.41) is 2.83. The summed E-state index contributed by atoms with van der Waals surface area (Å²) in [5.74, 6) is 2.02. The van der Waals surface area contributed by atoms with E-state index in [1.807, 2.05) is 73.6 Å². The molecule has 0 aliphatic carbocycles. The van der Waals surface area contributed by atoms with Gasteiger partial charge < -0.3 is 15.0 Å². The fourth-order valence-corrected chi connectivity index (χ4v) is 3.71. The van der Waals surface area contributed by atoms with Gasteiger partial charge in [0.2, 0.25) is 5.91 Å². The first kappa shape index (κ1) is 29.5. The summed E-state index contributed by atoms with van der Waals surface area (Å²) in [7, 11) is 3.99. The minimum atomic E-state index is -0.0721. The highest BCUT2D eigenvalue weighted by molar-refractivity contribution is 7.80. The average molecular weight is 528 g/mol. The predicted octanol–water partition coefficient (Wildman–Crippen LogP) is 4.10. The van der Waals surface area contributed by atoms with Crippen LogP contribution in [0.1, 0.15) is 17.5 Å². The monoisotopic (exact) mass is 527 g/mol. The van der Waals surface area contributed by atoms with Crippen molar-refractivity contribution < 1.29 is 14.3 Å². The number of carbonyl (C=O) groups is 2. The van der Waals surface area contributed by atoms with Gasteiger partial charge in [0.05, 0.1) is 13.2 Å². The molecule has 0 heterocycles. The van der Waals surface area contributed by atoms with Gasteiger partial charge in [-0.3, -0.25) is 14.5 Å². The molecular formula is C28H37N3O3S2. The number of nitrogens with one attached hydrogen (secondary N) is 1. The van der Waals surface area contributed by atoms with Gasteiger partial charge in [0.15, 0.2) is 5.78 Å². The number of rotatable bonds is 16. The zero-order valence-corrected chi connectivity index (χ0v) is 22.9. The lowest BCUT2D eigenvalue weighted by molar-refractivity contribution is -0.122. The van der Waals surface area contributed by atoms with Crippen molar-refractivity contribution in [2.24, 2.45) is 0 Å². The number of amides is 1. The van der Waals surface area contributed by atoms with Crippen LogP contribution in [0.2, 0.25) is 0 Å². The second-order valence-electron chi connectivity index (χ2n) is 8.40. The Bertz CT molecular complexity index is 990. The van der Waals surface area contributed by atoms with E-state index in [0.29, 0.717) is 31.2 Å². The Balaban J connectivity index is 1.75. The first-order valence-corrected chi connectivity index (χ1v) is 13.3. The molecule has 8 heteroatoms. The molecule has 1 N–H and O–H groups in total. The van der Waals surface area contributed by atoms with Gasteiger partial charge in [0, 0.05) is 50.9 Å². The Kier molecular flexibility index (Phi) is 13.9. The summed E-state index contributed by atoms with van der Waals surface area (Å²) >= 11 is 8.39. The van der Waals surface area contributed by atoms with Gasteiger partial charge in [-0.25, -0.2) is 0 Å². The van der Waals surface area contributed by atoms with E-state index in [2.05, 4.69) is 35.5 Å². The number of nitrogens with zero attached hydrogens (tertiary/aromatic N) is 2. The van der Waals surface area contributed by atoms with Crippen molar-refractivity contribution >= 4 is 54.8 Å². The van der Waals surface area contributed by atoms with Crippen LogP contribution in [0.4, 0.5) is 5.69 Å². The molecule has 2 aromatic carbocycles. The zero-order valence-electron chi connectivity index (χ0n) is 21.1. The predicted molar refractivity (Wildman–Crippen MR) is 158 cm³/mol. The quantitative estimate of drug-likeness (QED) is 0.174. The lowest BCUT2D eigenvalue weighted by Crippen LogP contribution is -2.39. The lowest BCUT2D eigenvalue weighted by atomic mass is 10.1. The summed E-state index contributed by atoms with van der Waals surface area (Å²) in [4.78, 5) is 28.2. The number of hydrogen-bond donors (Lipinski definition) is 3. The summed E-state index contributed by atoms with van der Waals surface area (Å²) in [6.45, 7) is 2.98. The molecule has 0 bridgehead atoms. The third-order valence-electron chi connectivity index (χ3n) is 5.27. The van der Waals surface area contributed by atoms with Crippen LogP contribution in [0.5, 0.6) is 5.75 Å². The fourth-order valence-electron chi connectivity index (χ4n) is 3.31. The molecule has 0 unspecified atom stereocenters. The Hall–Kier alpha value is -2.68. The largest absolute Gasteiger partial charge is 0.494 e. The van der Waals surface area contributed by atoms with Crippen molar-refractivity contribution in [3.63, 3.8) is 0 Å². The van der Waals surface area contributed by atoms with Crippen molar-refractivity contribution in [2.75, 3.05) is 63.3 Å². The summed E-state index contributed by atoms with van der Waals surface area (Å²) < 4.78 is 5.83. The van der Waals surface area contributed by atoms with E-state index in [0.717, 1.165) is 42.1 Å². The van der Waals surface area contributed by atoms with E-state index in [1.54, 1.807) is 18.2 Å². The number of anilines is 1. The van der Waals surface area contributed by atoms with Gasteiger partial charge in [-0.15, -0.1) is 0 Å². The van der Waals surface area contributed by atoms with Gasteiger partial charge in [0.1, 0.15) is 5.75 Å². The van der Waals surface area contributed by atoms with Crippen LogP contribution in [0.25, 0.3) is 12.2 Å². The van der Waals surface area contributed by atoms with Crippen LogP contribution in [0.3, 0.4) is 0 Å². The van der Waals surface area contributed by atoms with E-state index in [9.17, 15) is 9.59 Å². The molecule has 0 aromatic heterocycles. The highest BCUT2D eigenvalue weighted by atomic mass is 32.1. The van der Waals surface area contributed by atoms with Gasteiger partial charge in [0.25, 0.3) is 0 Å². The molecule has 0 fully saturated rings. The molecule has 0 aliphatic heterocycles. The summed E-state index contributed by atoms with van der Waals surface area (Å²) in [5.41, 5.74) is 3.02. The van der Waals surface area contributed by atoms with Crippen molar-refractivity contribution in [2.45, 2.75) is 6.42 Å². The standard InChI is InChI=1S/C28H37N3O3S2/c1-30(2)25-10-4-23(5-11-25)6-12-26(32)13-7-24-8-14-27(15-9-24)34-19-3-17-31(18-21-36)22-28(33)29-16-20-35/h4-15,35-36H,3,16-22H2,1-2H3,(H,29,33)/b12-6+,13-7+. The molecule has 36 heavy (non-hydrogen) atoms. The van der Waals surface area contributed by atoms with Crippen LogP contribution >= 0.6 is 25.3 Å². The Morgan fingerprint density at radius 1 is 0.889 bits per heavy atom.